The van der Waals surface area contributed by atoms with Crippen molar-refractivity contribution in [3.8, 4) is 21.3 Å². The summed E-state index contributed by atoms with van der Waals surface area (Å²) in [6.07, 6.45) is 4.38. The Kier molecular flexibility index (Phi) is 5.53. The number of imidazole rings is 1. The van der Waals surface area contributed by atoms with Gasteiger partial charge in [0, 0.05) is 41.3 Å². The average molecular weight is 425 g/mol. The minimum atomic E-state index is -0.934. The van der Waals surface area contributed by atoms with Gasteiger partial charge in [-0.15, -0.1) is 11.3 Å². The Bertz CT molecular complexity index is 1140. The second-order valence-electron chi connectivity index (χ2n) is 6.54. The Balaban J connectivity index is 1.78. The van der Waals surface area contributed by atoms with Crippen molar-refractivity contribution >= 4 is 28.7 Å². The number of ketones is 1. The van der Waals surface area contributed by atoms with Crippen LogP contribution in [0.15, 0.2) is 55.0 Å². The van der Waals surface area contributed by atoms with Crippen molar-refractivity contribution in [3.63, 3.8) is 0 Å². The number of hydrogen-bond donors (Lipinski definition) is 2. The predicted molar refractivity (Wildman–Crippen MR) is 113 cm³/mol. The lowest BCUT2D eigenvalue weighted by Gasteiger charge is -2.10. The zero-order valence-electron chi connectivity index (χ0n) is 15.5. The maximum absolute atomic E-state index is 11.4. The van der Waals surface area contributed by atoms with Gasteiger partial charge in [0.2, 0.25) is 0 Å². The van der Waals surface area contributed by atoms with Gasteiger partial charge in [-0.2, -0.15) is 0 Å². The molecular formula is C21H17ClN4O2S. The second kappa shape index (κ2) is 8.24. The van der Waals surface area contributed by atoms with Crippen LogP contribution < -0.4 is 0 Å². The first-order valence-corrected chi connectivity index (χ1v) is 10.1. The molecule has 0 aliphatic carbocycles. The summed E-state index contributed by atoms with van der Waals surface area (Å²) >= 11 is 7.39. The highest BCUT2D eigenvalue weighted by Crippen LogP contribution is 2.38. The molecule has 4 aromatic rings. The molecule has 1 atom stereocenters. The van der Waals surface area contributed by atoms with Crippen LogP contribution in [-0.2, 0) is 11.2 Å². The van der Waals surface area contributed by atoms with Gasteiger partial charge in [0.25, 0.3) is 0 Å². The summed E-state index contributed by atoms with van der Waals surface area (Å²) in [6, 6.07) is 10.7. The summed E-state index contributed by atoms with van der Waals surface area (Å²) in [5.74, 6) is 0.679. The molecule has 146 valence electrons. The van der Waals surface area contributed by atoms with Gasteiger partial charge < -0.3 is 10.1 Å². The van der Waals surface area contributed by atoms with Crippen LogP contribution in [0.3, 0.4) is 0 Å². The summed E-state index contributed by atoms with van der Waals surface area (Å²) in [4.78, 5) is 28.6. The normalized spacial score (nSPS) is 12.1. The summed E-state index contributed by atoms with van der Waals surface area (Å²) in [6.45, 7) is 1.54. The first-order valence-electron chi connectivity index (χ1n) is 8.90. The lowest BCUT2D eigenvalue weighted by molar-refractivity contribution is -0.116. The van der Waals surface area contributed by atoms with E-state index in [9.17, 15) is 9.90 Å². The van der Waals surface area contributed by atoms with Crippen LogP contribution in [0.1, 0.15) is 30.0 Å². The number of pyridine rings is 1. The third-order valence-corrected chi connectivity index (χ3v) is 5.68. The molecule has 0 amide bonds. The molecule has 0 saturated carbocycles. The molecule has 4 rings (SSSR count). The van der Waals surface area contributed by atoms with E-state index in [1.54, 1.807) is 42.9 Å². The van der Waals surface area contributed by atoms with Gasteiger partial charge in [0.05, 0.1) is 10.6 Å². The third-order valence-electron chi connectivity index (χ3n) is 4.30. The van der Waals surface area contributed by atoms with E-state index in [0.29, 0.717) is 32.8 Å². The molecule has 0 aliphatic rings. The molecule has 8 heteroatoms. The molecule has 1 aromatic carbocycles. The van der Waals surface area contributed by atoms with Crippen molar-refractivity contribution in [2.45, 2.75) is 19.4 Å². The summed E-state index contributed by atoms with van der Waals surface area (Å²) in [7, 11) is 0. The van der Waals surface area contributed by atoms with E-state index in [2.05, 4.69) is 15.0 Å². The number of carbonyl (C=O) groups is 1. The predicted octanol–water partition coefficient (Wildman–Crippen LogP) is 4.46. The van der Waals surface area contributed by atoms with Gasteiger partial charge in [0.15, 0.2) is 0 Å². The number of aromatic amines is 1. The fraction of sp³-hybridized carbons (Fsp3) is 0.143. The number of aromatic nitrogens is 4. The Labute approximate surface area is 176 Å². The number of thiazole rings is 1. The van der Waals surface area contributed by atoms with Gasteiger partial charge >= 0.3 is 0 Å². The summed E-state index contributed by atoms with van der Waals surface area (Å²) in [5, 5.41) is 12.3. The van der Waals surface area contributed by atoms with Crippen molar-refractivity contribution in [1.29, 1.82) is 0 Å². The van der Waals surface area contributed by atoms with Gasteiger partial charge in [-0.05, 0) is 36.8 Å². The first kappa shape index (κ1) is 19.4. The number of aliphatic hydroxyl groups excluding tert-OH is 1. The first-order chi connectivity index (χ1) is 14.0. The van der Waals surface area contributed by atoms with E-state index in [1.165, 1.54) is 18.3 Å². The molecule has 3 heterocycles. The highest BCUT2D eigenvalue weighted by molar-refractivity contribution is 7.18. The number of rotatable bonds is 6. The number of benzene rings is 1. The number of Topliss-reactive ketones (excluding diaryl/α,β-unsaturated/α-hetero) is 1. The van der Waals surface area contributed by atoms with Crippen molar-refractivity contribution in [2.75, 3.05) is 0 Å². The molecule has 0 saturated heterocycles. The van der Waals surface area contributed by atoms with Crippen molar-refractivity contribution in [2.24, 2.45) is 0 Å². The number of aliphatic hydroxyl groups is 1. The van der Waals surface area contributed by atoms with E-state index in [-0.39, 0.29) is 12.2 Å². The number of nitrogens with one attached hydrogen (secondary N) is 1. The van der Waals surface area contributed by atoms with Crippen LogP contribution in [0.4, 0.5) is 0 Å². The van der Waals surface area contributed by atoms with Crippen molar-refractivity contribution < 1.29 is 9.90 Å². The minimum Gasteiger partial charge on any atom is -0.382 e. The van der Waals surface area contributed by atoms with Gasteiger partial charge in [-0.1, -0.05) is 23.7 Å². The topological polar surface area (TPSA) is 91.8 Å². The number of carbonyl (C=O) groups excluding carboxylic acids is 1. The monoisotopic (exact) mass is 424 g/mol. The molecule has 0 radical (unpaired) electrons. The molecule has 2 N–H and O–H groups in total. The second-order valence-corrected chi connectivity index (χ2v) is 7.98. The quantitative estimate of drug-likeness (QED) is 0.476. The molecule has 1 unspecified atom stereocenters. The highest BCUT2D eigenvalue weighted by atomic mass is 35.5. The summed E-state index contributed by atoms with van der Waals surface area (Å²) in [5.41, 5.74) is 2.71. The molecule has 6 nitrogen and oxygen atoms in total. The maximum atomic E-state index is 11.4. The molecule has 3 aromatic heterocycles. The fourth-order valence-electron chi connectivity index (χ4n) is 2.97. The molecule has 0 spiro atoms. The van der Waals surface area contributed by atoms with Crippen LogP contribution in [0.2, 0.25) is 5.02 Å². The Morgan fingerprint density at radius 2 is 2.00 bits per heavy atom. The maximum Gasteiger partial charge on any atom is 0.149 e. The smallest absolute Gasteiger partial charge is 0.149 e. The zero-order chi connectivity index (χ0) is 20.4. The number of H-pyrrole nitrogens is 1. The number of nitrogens with zero attached hydrogens (tertiary/aromatic N) is 3. The number of halogens is 1. The van der Waals surface area contributed by atoms with Crippen LogP contribution in [0.5, 0.6) is 0 Å². The van der Waals surface area contributed by atoms with E-state index >= 15 is 0 Å². The van der Waals surface area contributed by atoms with E-state index in [1.807, 2.05) is 12.1 Å². The largest absolute Gasteiger partial charge is 0.382 e. The van der Waals surface area contributed by atoms with Crippen molar-refractivity contribution in [1.82, 2.24) is 19.9 Å². The van der Waals surface area contributed by atoms with Gasteiger partial charge in [-0.3, -0.25) is 9.78 Å². The van der Waals surface area contributed by atoms with E-state index < -0.39 is 6.10 Å². The minimum absolute atomic E-state index is 0.0453. The molecule has 0 fully saturated rings. The molecule has 0 bridgehead atoms. The Morgan fingerprint density at radius 1 is 1.21 bits per heavy atom. The summed E-state index contributed by atoms with van der Waals surface area (Å²) < 4.78 is 0. The molecule has 29 heavy (non-hydrogen) atoms. The highest BCUT2D eigenvalue weighted by Gasteiger charge is 2.23. The zero-order valence-corrected chi connectivity index (χ0v) is 17.0. The Morgan fingerprint density at radius 3 is 2.69 bits per heavy atom. The molecular weight excluding hydrogens is 408 g/mol. The van der Waals surface area contributed by atoms with Crippen molar-refractivity contribution in [3.05, 3.63) is 77.0 Å². The lowest BCUT2D eigenvalue weighted by atomic mass is 10.1. The fourth-order valence-corrected chi connectivity index (χ4v) is 4.14. The number of hydrogen-bond acceptors (Lipinski definition) is 6. The van der Waals surface area contributed by atoms with Crippen LogP contribution in [0, 0.1) is 0 Å². The van der Waals surface area contributed by atoms with Crippen LogP contribution >= 0.6 is 22.9 Å². The average Bonchev–Trinajstić information content (AvgIpc) is 3.37. The van der Waals surface area contributed by atoms with E-state index in [0.717, 1.165) is 10.4 Å². The standard InChI is InChI=1S/C21H17ClN4O2S/c1-12(27)10-16-11-14(6-7-23-16)21-26-17(19(29-21)20-24-8-9-25-20)18(28)13-2-4-15(22)5-3-13/h2-9,11,18,28H,10H2,1H3,(H,24,25). The van der Waals surface area contributed by atoms with E-state index in [4.69, 9.17) is 16.6 Å². The Hall–Kier alpha value is -2.87. The molecule has 0 aliphatic heterocycles. The van der Waals surface area contributed by atoms with Gasteiger partial charge in [-0.25, -0.2) is 9.97 Å². The van der Waals surface area contributed by atoms with Crippen LogP contribution in [0.25, 0.3) is 21.3 Å². The van der Waals surface area contributed by atoms with Gasteiger partial charge in [0.1, 0.15) is 22.7 Å². The SMILES string of the molecule is CC(=O)Cc1cc(-c2nc(C(O)c3ccc(Cl)cc3)c(-c3ncc[nH]3)s2)ccn1. The third kappa shape index (κ3) is 4.27. The lowest BCUT2D eigenvalue weighted by Crippen LogP contribution is -2.02. The van der Waals surface area contributed by atoms with Crippen LogP contribution in [-0.4, -0.2) is 30.8 Å².